The van der Waals surface area contributed by atoms with E-state index in [-0.39, 0.29) is 11.3 Å². The summed E-state index contributed by atoms with van der Waals surface area (Å²) < 4.78 is 44.4. The van der Waals surface area contributed by atoms with Crippen LogP contribution in [0, 0.1) is 6.92 Å². The minimum absolute atomic E-state index is 0.224. The molecular weight excluding hydrogens is 433 g/mol. The monoisotopic (exact) mass is 454 g/mol. The number of carbonyl (C=O) groups is 2. The van der Waals surface area contributed by atoms with Gasteiger partial charge in [-0.1, -0.05) is 30.3 Å². The third-order valence-corrected chi connectivity index (χ3v) is 5.84. The fraction of sp³-hybridized carbons (Fsp3) is 0.200. The second kappa shape index (κ2) is 8.37. The maximum atomic E-state index is 13.0. The molecule has 8 heteroatoms. The van der Waals surface area contributed by atoms with Gasteiger partial charge in [-0.15, -0.1) is 0 Å². The number of hydrogen-bond acceptors (Lipinski definition) is 4. The summed E-state index contributed by atoms with van der Waals surface area (Å²) in [5, 5.41) is 0. The van der Waals surface area contributed by atoms with Gasteiger partial charge in [0.25, 0.3) is 0 Å². The first kappa shape index (κ1) is 22.5. The molecule has 0 saturated heterocycles. The Bertz CT molecular complexity index is 1240. The van der Waals surface area contributed by atoms with Crippen LogP contribution in [0.1, 0.15) is 38.5 Å². The number of esters is 1. The lowest BCUT2D eigenvalue weighted by molar-refractivity contribution is -0.137. The number of alkyl halides is 3. The summed E-state index contributed by atoms with van der Waals surface area (Å²) in [6, 6.07) is 14.1. The first-order chi connectivity index (χ1) is 15.6. The number of aryl methyl sites for hydroxylation is 1. The van der Waals surface area contributed by atoms with E-state index in [1.165, 1.54) is 12.1 Å². The summed E-state index contributed by atoms with van der Waals surface area (Å²) in [6.45, 7) is 1.77. The third kappa shape index (κ3) is 4.34. The molecule has 0 fully saturated rings. The zero-order chi connectivity index (χ0) is 23.9. The lowest BCUT2D eigenvalue weighted by Crippen LogP contribution is -2.34. The fourth-order valence-electron chi connectivity index (χ4n) is 4.30. The molecule has 4 rings (SSSR count). The van der Waals surface area contributed by atoms with Crippen molar-refractivity contribution in [3.05, 3.63) is 88.5 Å². The van der Waals surface area contributed by atoms with E-state index in [9.17, 15) is 22.8 Å². The van der Waals surface area contributed by atoms with Crippen molar-refractivity contribution in [2.24, 2.45) is 11.5 Å². The molecule has 0 aromatic heterocycles. The predicted molar refractivity (Wildman–Crippen MR) is 117 cm³/mol. The molecule has 1 aliphatic carbocycles. The smallest absolute Gasteiger partial charge is 0.416 e. The highest BCUT2D eigenvalue weighted by Gasteiger charge is 2.34. The van der Waals surface area contributed by atoms with E-state index in [0.717, 1.165) is 23.3 Å². The molecule has 2 unspecified atom stereocenters. The Morgan fingerprint density at radius 1 is 1.03 bits per heavy atom. The largest absolute Gasteiger partial charge is 0.423 e. The Morgan fingerprint density at radius 3 is 2.36 bits per heavy atom. The van der Waals surface area contributed by atoms with Gasteiger partial charge in [-0.3, -0.25) is 4.79 Å². The number of fused-ring (bicyclic) bond motifs is 1. The van der Waals surface area contributed by atoms with Gasteiger partial charge in [0, 0.05) is 6.04 Å². The molecular formula is C25H21F3N2O3. The van der Waals surface area contributed by atoms with Crippen molar-refractivity contribution in [1.82, 2.24) is 0 Å². The highest BCUT2D eigenvalue weighted by molar-refractivity contribution is 5.99. The second-order valence-corrected chi connectivity index (χ2v) is 8.07. The molecule has 1 aliphatic rings. The molecule has 0 spiro atoms. The normalized spacial score (nSPS) is 17.5. The van der Waals surface area contributed by atoms with E-state index in [1.807, 2.05) is 0 Å². The van der Waals surface area contributed by atoms with Crippen LogP contribution in [0.15, 0.2) is 60.7 Å². The van der Waals surface area contributed by atoms with E-state index in [4.69, 9.17) is 16.2 Å². The van der Waals surface area contributed by atoms with Gasteiger partial charge >= 0.3 is 12.1 Å². The Balaban J connectivity index is 1.64. The Kier molecular flexibility index (Phi) is 5.71. The first-order valence-electron chi connectivity index (χ1n) is 10.2. The molecule has 1 amide bonds. The lowest BCUT2D eigenvalue weighted by Gasteiger charge is -2.14. The zero-order valence-electron chi connectivity index (χ0n) is 17.6. The van der Waals surface area contributed by atoms with Crippen molar-refractivity contribution in [2.75, 3.05) is 0 Å². The van der Waals surface area contributed by atoms with E-state index in [0.29, 0.717) is 23.1 Å². The van der Waals surface area contributed by atoms with Crippen LogP contribution in [0.3, 0.4) is 0 Å². The molecule has 0 radical (unpaired) electrons. The summed E-state index contributed by atoms with van der Waals surface area (Å²) in [7, 11) is 0. The summed E-state index contributed by atoms with van der Waals surface area (Å²) in [6.07, 6.45) is -4.02. The van der Waals surface area contributed by atoms with Crippen LogP contribution >= 0.6 is 0 Å². The topological polar surface area (TPSA) is 95.4 Å². The quantitative estimate of drug-likeness (QED) is 0.453. The van der Waals surface area contributed by atoms with Crippen LogP contribution in [0.25, 0.3) is 11.1 Å². The van der Waals surface area contributed by atoms with Gasteiger partial charge in [-0.05, 0) is 71.5 Å². The number of primary amides is 1. The average Bonchev–Trinajstić information content (AvgIpc) is 3.08. The molecule has 0 aliphatic heterocycles. The van der Waals surface area contributed by atoms with E-state index in [2.05, 4.69) is 0 Å². The van der Waals surface area contributed by atoms with Crippen LogP contribution in [-0.4, -0.2) is 17.9 Å². The maximum Gasteiger partial charge on any atom is 0.416 e. The summed E-state index contributed by atoms with van der Waals surface area (Å²) in [5.41, 5.74) is 14.1. The minimum Gasteiger partial charge on any atom is -0.423 e. The zero-order valence-corrected chi connectivity index (χ0v) is 17.6. The molecule has 0 saturated carbocycles. The lowest BCUT2D eigenvalue weighted by atomic mass is 9.94. The molecule has 4 N–H and O–H groups in total. The highest BCUT2D eigenvalue weighted by atomic mass is 19.4. The average molecular weight is 454 g/mol. The Labute approximate surface area is 188 Å². The number of carbonyl (C=O) groups excluding carboxylic acids is 2. The third-order valence-electron chi connectivity index (χ3n) is 5.84. The van der Waals surface area contributed by atoms with Crippen LogP contribution in [0.2, 0.25) is 0 Å². The van der Waals surface area contributed by atoms with Crippen molar-refractivity contribution < 1.29 is 27.5 Å². The standard InChI is InChI=1S/C25H21F3N2O3/c1-13-3-2-4-19(21(13)14-5-7-16(8-6-14)25(26,27)28)24(32)33-17-9-10-18-15(11-17)12-20(29)22(18)23(30)31/h2-11,20,22H,12,29H2,1H3,(H2,30,31). The predicted octanol–water partition coefficient (Wildman–Crippen LogP) is 4.35. The van der Waals surface area contributed by atoms with Gasteiger partial charge in [0.2, 0.25) is 5.91 Å². The van der Waals surface area contributed by atoms with Crippen molar-refractivity contribution in [3.8, 4) is 16.9 Å². The van der Waals surface area contributed by atoms with Gasteiger partial charge in [-0.2, -0.15) is 13.2 Å². The number of halogens is 3. The van der Waals surface area contributed by atoms with Gasteiger partial charge < -0.3 is 16.2 Å². The second-order valence-electron chi connectivity index (χ2n) is 8.07. The Hall–Kier alpha value is -3.65. The van der Waals surface area contributed by atoms with E-state index < -0.39 is 35.6 Å². The van der Waals surface area contributed by atoms with Gasteiger partial charge in [-0.25, -0.2) is 4.79 Å². The van der Waals surface area contributed by atoms with Gasteiger partial charge in [0.05, 0.1) is 17.0 Å². The molecule has 3 aromatic carbocycles. The summed E-state index contributed by atoms with van der Waals surface area (Å²) >= 11 is 0. The van der Waals surface area contributed by atoms with Crippen LogP contribution in [0.4, 0.5) is 13.2 Å². The van der Waals surface area contributed by atoms with Gasteiger partial charge in [0.15, 0.2) is 0 Å². The molecule has 2 atom stereocenters. The van der Waals surface area contributed by atoms with E-state index >= 15 is 0 Å². The first-order valence-corrected chi connectivity index (χ1v) is 10.2. The number of amides is 1. The molecule has 0 bridgehead atoms. The number of rotatable bonds is 4. The van der Waals surface area contributed by atoms with Crippen molar-refractivity contribution >= 4 is 11.9 Å². The molecule has 0 heterocycles. The van der Waals surface area contributed by atoms with Crippen LogP contribution in [0.5, 0.6) is 5.75 Å². The minimum atomic E-state index is -4.45. The summed E-state index contributed by atoms with van der Waals surface area (Å²) in [5.74, 6) is -1.47. The van der Waals surface area contributed by atoms with Crippen LogP contribution in [-0.2, 0) is 17.4 Å². The molecule has 5 nitrogen and oxygen atoms in total. The highest BCUT2D eigenvalue weighted by Crippen LogP contribution is 2.36. The van der Waals surface area contributed by atoms with Gasteiger partial charge in [0.1, 0.15) is 5.75 Å². The Morgan fingerprint density at radius 2 is 1.73 bits per heavy atom. The number of ether oxygens (including phenoxy) is 1. The SMILES string of the molecule is Cc1cccc(C(=O)Oc2ccc3c(c2)CC(N)C3C(N)=O)c1-c1ccc(C(F)(F)F)cc1. The number of nitrogens with two attached hydrogens (primary N) is 2. The van der Waals surface area contributed by atoms with E-state index in [1.54, 1.807) is 43.3 Å². The maximum absolute atomic E-state index is 13.0. The van der Waals surface area contributed by atoms with Crippen molar-refractivity contribution in [1.29, 1.82) is 0 Å². The van der Waals surface area contributed by atoms with Crippen molar-refractivity contribution in [2.45, 2.75) is 31.5 Å². The van der Waals surface area contributed by atoms with Crippen molar-refractivity contribution in [3.63, 3.8) is 0 Å². The number of hydrogen-bond donors (Lipinski definition) is 2. The molecule has 170 valence electrons. The number of benzene rings is 3. The molecule has 33 heavy (non-hydrogen) atoms. The molecule has 3 aromatic rings. The summed E-state index contributed by atoms with van der Waals surface area (Å²) in [4.78, 5) is 24.7. The van der Waals surface area contributed by atoms with Crippen LogP contribution < -0.4 is 16.2 Å². The fourth-order valence-corrected chi connectivity index (χ4v) is 4.30.